The van der Waals surface area contributed by atoms with Crippen molar-refractivity contribution in [2.45, 2.75) is 13.3 Å². The van der Waals surface area contributed by atoms with Crippen LogP contribution in [0, 0.1) is 0 Å². The van der Waals surface area contributed by atoms with Gasteiger partial charge in [0.15, 0.2) is 0 Å². The lowest BCUT2D eigenvalue weighted by atomic mass is 10.1. The van der Waals surface area contributed by atoms with Crippen LogP contribution in [0.5, 0.6) is 0 Å². The number of carbonyl (C=O) groups is 1. The van der Waals surface area contributed by atoms with Gasteiger partial charge in [0.2, 0.25) is 5.91 Å². The Bertz CT molecular complexity index is 538. The van der Waals surface area contributed by atoms with E-state index < -0.39 is 0 Å². The van der Waals surface area contributed by atoms with E-state index in [1.165, 1.54) is 11.3 Å². The van der Waals surface area contributed by atoms with Crippen LogP contribution in [0.3, 0.4) is 0 Å². The molecule has 2 heterocycles. The van der Waals surface area contributed by atoms with Crippen molar-refractivity contribution in [1.29, 1.82) is 0 Å². The number of anilines is 2. The van der Waals surface area contributed by atoms with Gasteiger partial charge in [-0.3, -0.25) is 4.79 Å². The SMILES string of the molecule is CC(=O)N1CCc2cc(Br)c(N3CCN(C)CC3)cc21. The lowest BCUT2D eigenvalue weighted by Crippen LogP contribution is -2.44. The average molecular weight is 338 g/mol. The topological polar surface area (TPSA) is 26.8 Å². The van der Waals surface area contributed by atoms with Crippen LogP contribution in [0.1, 0.15) is 12.5 Å². The van der Waals surface area contributed by atoms with E-state index in [9.17, 15) is 4.79 Å². The molecular formula is C15H20BrN3O. The third-order valence-corrected chi connectivity index (χ3v) is 4.90. The third kappa shape index (κ3) is 2.44. The number of rotatable bonds is 1. The predicted octanol–water partition coefficient (Wildman–Crippen LogP) is 2.11. The Labute approximate surface area is 128 Å². The molecule has 0 bridgehead atoms. The zero-order valence-corrected chi connectivity index (χ0v) is 13.6. The monoisotopic (exact) mass is 337 g/mol. The summed E-state index contributed by atoms with van der Waals surface area (Å²) in [5, 5.41) is 0. The van der Waals surface area contributed by atoms with E-state index in [0.29, 0.717) is 0 Å². The van der Waals surface area contributed by atoms with Crippen molar-refractivity contribution in [3.8, 4) is 0 Å². The number of nitrogens with zero attached hydrogens (tertiary/aromatic N) is 3. The molecule has 1 aromatic carbocycles. The zero-order chi connectivity index (χ0) is 14.3. The molecule has 4 nitrogen and oxygen atoms in total. The van der Waals surface area contributed by atoms with E-state index in [-0.39, 0.29) is 5.91 Å². The number of likely N-dealkylation sites (N-methyl/N-ethyl adjacent to an activating group) is 1. The number of hydrogen-bond donors (Lipinski definition) is 0. The van der Waals surface area contributed by atoms with Gasteiger partial charge in [-0.15, -0.1) is 0 Å². The van der Waals surface area contributed by atoms with Gasteiger partial charge in [-0.25, -0.2) is 0 Å². The Balaban J connectivity index is 1.92. The van der Waals surface area contributed by atoms with Crippen LogP contribution in [0.15, 0.2) is 16.6 Å². The average Bonchev–Trinajstić information content (AvgIpc) is 2.81. The van der Waals surface area contributed by atoms with Gasteiger partial charge >= 0.3 is 0 Å². The number of hydrogen-bond acceptors (Lipinski definition) is 3. The standard InChI is InChI=1S/C15H20BrN3O/c1-11(20)19-4-3-12-9-13(16)15(10-14(12)19)18-7-5-17(2)6-8-18/h9-10H,3-8H2,1-2H3. The van der Waals surface area contributed by atoms with Crippen LogP contribution >= 0.6 is 15.9 Å². The molecule has 0 N–H and O–H groups in total. The Morgan fingerprint density at radius 2 is 1.80 bits per heavy atom. The predicted molar refractivity (Wildman–Crippen MR) is 85.6 cm³/mol. The molecule has 108 valence electrons. The van der Waals surface area contributed by atoms with Crippen molar-refractivity contribution in [1.82, 2.24) is 4.90 Å². The van der Waals surface area contributed by atoms with Crippen LogP contribution in [0.25, 0.3) is 0 Å². The Morgan fingerprint density at radius 3 is 2.45 bits per heavy atom. The summed E-state index contributed by atoms with van der Waals surface area (Å²) < 4.78 is 1.14. The minimum atomic E-state index is 0.135. The molecule has 3 rings (SSSR count). The normalized spacial score (nSPS) is 19.4. The molecule has 1 fully saturated rings. The highest BCUT2D eigenvalue weighted by Crippen LogP contribution is 2.38. The number of amides is 1. The lowest BCUT2D eigenvalue weighted by Gasteiger charge is -2.35. The van der Waals surface area contributed by atoms with Gasteiger partial charge in [-0.2, -0.15) is 0 Å². The van der Waals surface area contributed by atoms with E-state index in [4.69, 9.17) is 0 Å². The van der Waals surface area contributed by atoms with Crippen molar-refractivity contribution >= 4 is 33.2 Å². The number of benzene rings is 1. The first kappa shape index (κ1) is 13.9. The maximum absolute atomic E-state index is 11.7. The van der Waals surface area contributed by atoms with E-state index in [1.54, 1.807) is 6.92 Å². The second kappa shape index (κ2) is 5.37. The van der Waals surface area contributed by atoms with Crippen LogP contribution in [-0.4, -0.2) is 50.6 Å². The molecule has 0 spiro atoms. The summed E-state index contributed by atoms with van der Waals surface area (Å²) in [6, 6.07) is 4.37. The van der Waals surface area contributed by atoms with Crippen LogP contribution < -0.4 is 9.80 Å². The molecule has 1 saturated heterocycles. The molecule has 5 heteroatoms. The summed E-state index contributed by atoms with van der Waals surface area (Å²) in [7, 11) is 2.16. The Hall–Kier alpha value is -1.07. The zero-order valence-electron chi connectivity index (χ0n) is 12.0. The summed E-state index contributed by atoms with van der Waals surface area (Å²) in [5.74, 6) is 0.135. The molecule has 2 aliphatic heterocycles. The fraction of sp³-hybridized carbons (Fsp3) is 0.533. The molecular weight excluding hydrogens is 318 g/mol. The van der Waals surface area contributed by atoms with E-state index in [0.717, 1.165) is 49.3 Å². The second-order valence-electron chi connectivity index (χ2n) is 5.64. The minimum absolute atomic E-state index is 0.135. The molecule has 1 amide bonds. The van der Waals surface area contributed by atoms with E-state index in [2.05, 4.69) is 44.9 Å². The van der Waals surface area contributed by atoms with Crippen molar-refractivity contribution in [3.05, 3.63) is 22.2 Å². The van der Waals surface area contributed by atoms with Crippen LogP contribution in [0.4, 0.5) is 11.4 Å². The molecule has 2 aliphatic rings. The van der Waals surface area contributed by atoms with Gasteiger partial charge in [0, 0.05) is 49.8 Å². The highest BCUT2D eigenvalue weighted by molar-refractivity contribution is 9.10. The minimum Gasteiger partial charge on any atom is -0.368 e. The van der Waals surface area contributed by atoms with Gasteiger partial charge in [0.25, 0.3) is 0 Å². The van der Waals surface area contributed by atoms with Gasteiger partial charge in [0.05, 0.1) is 5.69 Å². The highest BCUT2D eigenvalue weighted by atomic mass is 79.9. The number of carbonyl (C=O) groups excluding carboxylic acids is 1. The molecule has 0 unspecified atom stereocenters. The summed E-state index contributed by atoms with van der Waals surface area (Å²) >= 11 is 3.70. The summed E-state index contributed by atoms with van der Waals surface area (Å²) in [4.78, 5) is 18.4. The Morgan fingerprint density at radius 1 is 1.10 bits per heavy atom. The fourth-order valence-electron chi connectivity index (χ4n) is 3.01. The first-order valence-corrected chi connectivity index (χ1v) is 7.89. The maximum atomic E-state index is 11.7. The van der Waals surface area contributed by atoms with E-state index in [1.807, 2.05) is 4.90 Å². The largest absolute Gasteiger partial charge is 0.368 e. The molecule has 0 saturated carbocycles. The number of piperazine rings is 1. The summed E-state index contributed by atoms with van der Waals surface area (Å²) in [6.07, 6.45) is 0.955. The number of halogens is 1. The van der Waals surface area contributed by atoms with Crippen LogP contribution in [-0.2, 0) is 11.2 Å². The number of fused-ring (bicyclic) bond motifs is 1. The van der Waals surface area contributed by atoms with Crippen molar-refractivity contribution in [2.24, 2.45) is 0 Å². The second-order valence-corrected chi connectivity index (χ2v) is 6.50. The van der Waals surface area contributed by atoms with E-state index >= 15 is 0 Å². The lowest BCUT2D eigenvalue weighted by molar-refractivity contribution is -0.116. The van der Waals surface area contributed by atoms with Crippen molar-refractivity contribution in [2.75, 3.05) is 49.6 Å². The third-order valence-electron chi connectivity index (χ3n) is 4.27. The van der Waals surface area contributed by atoms with Crippen LogP contribution in [0.2, 0.25) is 0 Å². The molecule has 0 aliphatic carbocycles. The van der Waals surface area contributed by atoms with Gasteiger partial charge in [-0.05, 0) is 47.1 Å². The molecule has 0 radical (unpaired) electrons. The van der Waals surface area contributed by atoms with Gasteiger partial charge in [-0.1, -0.05) is 0 Å². The van der Waals surface area contributed by atoms with Gasteiger partial charge in [0.1, 0.15) is 0 Å². The summed E-state index contributed by atoms with van der Waals surface area (Å²) in [5.41, 5.74) is 3.57. The summed E-state index contributed by atoms with van der Waals surface area (Å²) in [6.45, 7) is 6.69. The highest BCUT2D eigenvalue weighted by Gasteiger charge is 2.25. The molecule has 0 atom stereocenters. The smallest absolute Gasteiger partial charge is 0.223 e. The fourth-order valence-corrected chi connectivity index (χ4v) is 3.65. The molecule has 1 aromatic rings. The molecule has 0 aromatic heterocycles. The maximum Gasteiger partial charge on any atom is 0.223 e. The van der Waals surface area contributed by atoms with Crippen molar-refractivity contribution in [3.63, 3.8) is 0 Å². The van der Waals surface area contributed by atoms with Crippen molar-refractivity contribution < 1.29 is 4.79 Å². The first-order valence-electron chi connectivity index (χ1n) is 7.10. The molecule has 20 heavy (non-hydrogen) atoms. The van der Waals surface area contributed by atoms with Gasteiger partial charge < -0.3 is 14.7 Å². The quantitative estimate of drug-likeness (QED) is 0.785. The Kier molecular flexibility index (Phi) is 3.73. The first-order chi connectivity index (χ1) is 9.56.